The Labute approximate surface area is 111 Å². The highest BCUT2D eigenvalue weighted by molar-refractivity contribution is 6.40. The van der Waals surface area contributed by atoms with Crippen molar-refractivity contribution in [3.05, 3.63) is 23.3 Å². The number of benzene rings is 1. The number of ether oxygens (including phenoxy) is 3. The summed E-state index contributed by atoms with van der Waals surface area (Å²) in [5.41, 5.74) is 1.14. The molecule has 102 valence electrons. The molecule has 1 aromatic carbocycles. The predicted molar refractivity (Wildman–Crippen MR) is 67.8 cm³/mol. The van der Waals surface area contributed by atoms with Gasteiger partial charge in [-0.15, -0.1) is 0 Å². The van der Waals surface area contributed by atoms with E-state index in [4.69, 9.17) is 14.2 Å². The van der Waals surface area contributed by atoms with E-state index in [-0.39, 0.29) is 18.3 Å². The molecule has 2 rings (SSSR count). The predicted octanol–water partition coefficient (Wildman–Crippen LogP) is 1.76. The summed E-state index contributed by atoms with van der Waals surface area (Å²) in [6, 6.07) is 3.18. The molecule has 0 aliphatic carbocycles. The lowest BCUT2D eigenvalue weighted by Crippen LogP contribution is -2.17. The van der Waals surface area contributed by atoms with Gasteiger partial charge in [0.15, 0.2) is 11.5 Å². The monoisotopic (exact) mass is 264 g/mol. The van der Waals surface area contributed by atoms with Crippen LogP contribution in [0, 0.1) is 0 Å². The van der Waals surface area contributed by atoms with Crippen LogP contribution in [0.4, 0.5) is 0 Å². The second-order valence-corrected chi connectivity index (χ2v) is 4.35. The topological polar surface area (TPSA) is 61.8 Å². The zero-order chi connectivity index (χ0) is 14.0. The van der Waals surface area contributed by atoms with Crippen molar-refractivity contribution in [3.8, 4) is 11.5 Å². The van der Waals surface area contributed by atoms with Gasteiger partial charge in [0.2, 0.25) is 0 Å². The second-order valence-electron chi connectivity index (χ2n) is 4.35. The van der Waals surface area contributed by atoms with E-state index in [1.165, 1.54) is 13.2 Å². The van der Waals surface area contributed by atoms with Crippen molar-refractivity contribution in [2.75, 3.05) is 13.7 Å². The van der Waals surface area contributed by atoms with Crippen molar-refractivity contribution in [2.45, 2.75) is 26.4 Å². The van der Waals surface area contributed by atoms with Crippen LogP contribution in [-0.2, 0) is 16.0 Å². The second kappa shape index (κ2) is 5.30. The number of carbonyl (C=O) groups is 2. The van der Waals surface area contributed by atoms with Gasteiger partial charge in [-0.2, -0.15) is 0 Å². The third kappa shape index (κ3) is 2.54. The van der Waals surface area contributed by atoms with Crippen molar-refractivity contribution < 1.29 is 23.8 Å². The molecule has 0 fully saturated rings. The summed E-state index contributed by atoms with van der Waals surface area (Å²) in [7, 11) is 1.50. The smallest absolute Gasteiger partial charge is 0.379 e. The Kier molecular flexibility index (Phi) is 3.74. The molecule has 0 saturated heterocycles. The van der Waals surface area contributed by atoms with Crippen molar-refractivity contribution in [3.63, 3.8) is 0 Å². The minimum atomic E-state index is -0.850. The molecule has 1 heterocycles. The molecule has 0 aromatic heterocycles. The Morgan fingerprint density at radius 1 is 1.42 bits per heavy atom. The normalized spacial score (nSPS) is 16.5. The number of hydrogen-bond donors (Lipinski definition) is 0. The zero-order valence-electron chi connectivity index (χ0n) is 11.2. The standard InChI is InChI=1S/C14H16O5/c1-4-18-14(16)12(15)9-6-10-5-8(2)19-13(10)11(7-9)17-3/h6-8H,4-5H2,1-3H3. The number of ketones is 1. The van der Waals surface area contributed by atoms with Gasteiger partial charge < -0.3 is 14.2 Å². The summed E-state index contributed by atoms with van der Waals surface area (Å²) in [6.07, 6.45) is 0.729. The highest BCUT2D eigenvalue weighted by atomic mass is 16.5. The molecule has 0 saturated carbocycles. The van der Waals surface area contributed by atoms with E-state index in [9.17, 15) is 9.59 Å². The highest BCUT2D eigenvalue weighted by Gasteiger charge is 2.27. The van der Waals surface area contributed by atoms with Crippen LogP contribution < -0.4 is 9.47 Å². The lowest BCUT2D eigenvalue weighted by molar-refractivity contribution is -0.137. The first kappa shape index (κ1) is 13.4. The quantitative estimate of drug-likeness (QED) is 0.471. The van der Waals surface area contributed by atoms with Gasteiger partial charge >= 0.3 is 5.97 Å². The van der Waals surface area contributed by atoms with Crippen LogP contribution in [-0.4, -0.2) is 31.6 Å². The van der Waals surface area contributed by atoms with E-state index >= 15 is 0 Å². The third-order valence-electron chi connectivity index (χ3n) is 2.90. The zero-order valence-corrected chi connectivity index (χ0v) is 11.2. The summed E-state index contributed by atoms with van der Waals surface area (Å²) in [4.78, 5) is 23.4. The number of methoxy groups -OCH3 is 1. The molecule has 0 amide bonds. The lowest BCUT2D eigenvalue weighted by atomic mass is 10.0. The molecule has 1 unspecified atom stereocenters. The highest BCUT2D eigenvalue weighted by Crippen LogP contribution is 2.39. The summed E-state index contributed by atoms with van der Waals surface area (Å²) in [5, 5.41) is 0. The number of fused-ring (bicyclic) bond motifs is 1. The van der Waals surface area contributed by atoms with E-state index in [1.54, 1.807) is 13.0 Å². The molecule has 19 heavy (non-hydrogen) atoms. The number of carbonyl (C=O) groups excluding carboxylic acids is 2. The molecule has 1 aliphatic rings. The molecule has 5 heteroatoms. The summed E-state index contributed by atoms with van der Waals surface area (Å²) >= 11 is 0. The molecule has 1 aromatic rings. The molecule has 0 bridgehead atoms. The fraction of sp³-hybridized carbons (Fsp3) is 0.429. The largest absolute Gasteiger partial charge is 0.493 e. The van der Waals surface area contributed by atoms with Crippen molar-refractivity contribution in [1.82, 2.24) is 0 Å². The minimum Gasteiger partial charge on any atom is -0.493 e. The Morgan fingerprint density at radius 3 is 2.79 bits per heavy atom. The maximum absolute atomic E-state index is 11.9. The maximum atomic E-state index is 11.9. The van der Waals surface area contributed by atoms with Crippen LogP contribution >= 0.6 is 0 Å². The fourth-order valence-corrected chi connectivity index (χ4v) is 2.10. The average Bonchev–Trinajstić information content (AvgIpc) is 2.77. The molecule has 0 spiro atoms. The van der Waals surface area contributed by atoms with Gasteiger partial charge in [0.05, 0.1) is 13.7 Å². The molecule has 0 N–H and O–H groups in total. The molecular formula is C14H16O5. The Hall–Kier alpha value is -2.04. The molecule has 5 nitrogen and oxygen atoms in total. The van der Waals surface area contributed by atoms with E-state index in [2.05, 4.69) is 0 Å². The lowest BCUT2D eigenvalue weighted by Gasteiger charge is -2.09. The molecule has 1 atom stereocenters. The van der Waals surface area contributed by atoms with E-state index in [0.717, 1.165) is 5.56 Å². The van der Waals surface area contributed by atoms with Gasteiger partial charge in [0.25, 0.3) is 5.78 Å². The van der Waals surface area contributed by atoms with Gasteiger partial charge in [-0.3, -0.25) is 4.79 Å². The van der Waals surface area contributed by atoms with Crippen molar-refractivity contribution in [2.24, 2.45) is 0 Å². The molecular weight excluding hydrogens is 248 g/mol. The molecule has 1 aliphatic heterocycles. The van der Waals surface area contributed by atoms with Crippen LogP contribution in [0.15, 0.2) is 12.1 Å². The first-order chi connectivity index (χ1) is 9.06. The van der Waals surface area contributed by atoms with E-state index < -0.39 is 11.8 Å². The van der Waals surface area contributed by atoms with E-state index in [1.807, 2.05) is 6.92 Å². The third-order valence-corrected chi connectivity index (χ3v) is 2.90. The van der Waals surface area contributed by atoms with Crippen LogP contribution in [0.25, 0.3) is 0 Å². The number of rotatable bonds is 4. The number of Topliss-reactive ketones (excluding diaryl/α,β-unsaturated/α-hetero) is 1. The van der Waals surface area contributed by atoms with Gasteiger partial charge in [0.1, 0.15) is 6.10 Å². The first-order valence-corrected chi connectivity index (χ1v) is 6.15. The Morgan fingerprint density at radius 2 is 2.16 bits per heavy atom. The number of esters is 1. The average molecular weight is 264 g/mol. The number of hydrogen-bond acceptors (Lipinski definition) is 5. The minimum absolute atomic E-state index is 0.0387. The summed E-state index contributed by atoms with van der Waals surface area (Å²) in [6.45, 7) is 3.77. The fourth-order valence-electron chi connectivity index (χ4n) is 2.10. The van der Waals surface area contributed by atoms with Crippen molar-refractivity contribution >= 4 is 11.8 Å². The summed E-state index contributed by atoms with van der Waals surface area (Å²) < 4.78 is 15.5. The first-order valence-electron chi connectivity index (χ1n) is 6.15. The Bertz CT molecular complexity index is 521. The van der Waals surface area contributed by atoms with Crippen LogP contribution in [0.5, 0.6) is 11.5 Å². The molecule has 0 radical (unpaired) electrons. The van der Waals surface area contributed by atoms with Crippen LogP contribution in [0.1, 0.15) is 29.8 Å². The summed E-state index contributed by atoms with van der Waals surface area (Å²) in [5.74, 6) is -0.399. The van der Waals surface area contributed by atoms with Crippen LogP contribution in [0.2, 0.25) is 0 Å². The van der Waals surface area contributed by atoms with Gasteiger partial charge in [-0.05, 0) is 26.0 Å². The van der Waals surface area contributed by atoms with Crippen LogP contribution in [0.3, 0.4) is 0 Å². The SMILES string of the molecule is CCOC(=O)C(=O)c1cc2c(c(OC)c1)OC(C)C2. The van der Waals surface area contributed by atoms with Gasteiger partial charge in [0, 0.05) is 17.5 Å². The van der Waals surface area contributed by atoms with Crippen molar-refractivity contribution in [1.29, 1.82) is 0 Å². The van der Waals surface area contributed by atoms with E-state index in [0.29, 0.717) is 17.9 Å². The van der Waals surface area contributed by atoms with Gasteiger partial charge in [-0.25, -0.2) is 4.79 Å². The van der Waals surface area contributed by atoms with Gasteiger partial charge in [-0.1, -0.05) is 0 Å². The maximum Gasteiger partial charge on any atom is 0.379 e. The Balaban J connectivity index is 2.36.